The van der Waals surface area contributed by atoms with Crippen LogP contribution in [0.15, 0.2) is 24.3 Å². The predicted molar refractivity (Wildman–Crippen MR) is 57.2 cm³/mol. The summed E-state index contributed by atoms with van der Waals surface area (Å²) in [5.41, 5.74) is -1.75. The smallest absolute Gasteiger partial charge is 0.338 e. The molecule has 1 heterocycles. The van der Waals surface area contributed by atoms with Gasteiger partial charge in [0.05, 0.1) is 0 Å². The van der Waals surface area contributed by atoms with Crippen LogP contribution in [0.4, 0.5) is 5.69 Å². The molecule has 1 aromatic carbocycles. The molecule has 0 spiro atoms. The molecule has 0 bridgehead atoms. The zero-order valence-corrected chi connectivity index (χ0v) is 9.99. The molecule has 2 unspecified atom stereocenters. The molecule has 1 aromatic rings. The van der Waals surface area contributed by atoms with Gasteiger partial charge in [-0.15, -0.1) is 0 Å². The number of ether oxygens (including phenoxy) is 1. The highest BCUT2D eigenvalue weighted by atomic mass is 32.2. The third-order valence-corrected chi connectivity index (χ3v) is 3.10. The molecule has 0 aromatic heterocycles. The van der Waals surface area contributed by atoms with Crippen LogP contribution in [0.25, 0.3) is 0 Å². The SMILES string of the molecule is O=[PH](O)ON1c2ccccc2OC1S(=O)(=O)O. The van der Waals surface area contributed by atoms with Gasteiger partial charge >= 0.3 is 23.9 Å². The minimum absolute atomic E-state index is 0.123. The number of rotatable bonds is 3. The minimum Gasteiger partial charge on any atom is -0.450 e. The van der Waals surface area contributed by atoms with E-state index in [2.05, 4.69) is 4.62 Å². The molecule has 0 aliphatic carbocycles. The standard InChI is InChI=1S/C7H8NO7PS/c9-16(10)15-8-5-3-1-2-4-6(5)14-7(8)17(11,12)13/h1-4,7,16H,(H,9,10)(H,11,12,13). The molecule has 2 rings (SSSR count). The Morgan fingerprint density at radius 2 is 2.06 bits per heavy atom. The highest BCUT2D eigenvalue weighted by Crippen LogP contribution is 2.41. The van der Waals surface area contributed by atoms with Crippen molar-refractivity contribution in [1.82, 2.24) is 0 Å². The molecule has 0 amide bonds. The molecule has 94 valence electrons. The summed E-state index contributed by atoms with van der Waals surface area (Å²) in [4.78, 5) is 8.67. The molecule has 1 aliphatic rings. The van der Waals surface area contributed by atoms with Gasteiger partial charge in [0.1, 0.15) is 11.4 Å². The van der Waals surface area contributed by atoms with E-state index in [0.717, 1.165) is 0 Å². The lowest BCUT2D eigenvalue weighted by atomic mass is 10.3. The van der Waals surface area contributed by atoms with Crippen LogP contribution in [-0.2, 0) is 19.3 Å². The first-order valence-electron chi connectivity index (χ1n) is 4.32. The molecule has 8 nitrogen and oxygen atoms in total. The molecular weight excluding hydrogens is 273 g/mol. The number of anilines is 1. The van der Waals surface area contributed by atoms with Gasteiger partial charge in [-0.25, -0.2) is 0 Å². The van der Waals surface area contributed by atoms with Gasteiger partial charge in [-0.05, 0) is 12.1 Å². The molecule has 0 fully saturated rings. The van der Waals surface area contributed by atoms with Gasteiger partial charge in [-0.2, -0.15) is 18.1 Å². The van der Waals surface area contributed by atoms with Gasteiger partial charge in [0.25, 0.3) is 0 Å². The highest BCUT2D eigenvalue weighted by Gasteiger charge is 2.41. The molecule has 2 atom stereocenters. The second-order valence-corrected chi connectivity index (χ2v) is 5.24. The van der Waals surface area contributed by atoms with Crippen molar-refractivity contribution < 1.29 is 31.8 Å². The molecule has 0 saturated heterocycles. The number of para-hydroxylation sites is 2. The van der Waals surface area contributed by atoms with Gasteiger partial charge in [0.2, 0.25) is 0 Å². The summed E-state index contributed by atoms with van der Waals surface area (Å²) in [6.45, 7) is 0. The van der Waals surface area contributed by atoms with E-state index in [4.69, 9.17) is 14.2 Å². The maximum Gasteiger partial charge on any atom is 0.338 e. The van der Waals surface area contributed by atoms with E-state index in [-0.39, 0.29) is 11.4 Å². The quantitative estimate of drug-likeness (QED) is 0.603. The third kappa shape index (κ3) is 2.43. The van der Waals surface area contributed by atoms with E-state index in [1.54, 1.807) is 12.1 Å². The summed E-state index contributed by atoms with van der Waals surface area (Å²) >= 11 is 0. The van der Waals surface area contributed by atoms with Crippen LogP contribution in [0.3, 0.4) is 0 Å². The Morgan fingerprint density at radius 1 is 1.41 bits per heavy atom. The van der Waals surface area contributed by atoms with Crippen LogP contribution >= 0.6 is 8.25 Å². The number of hydrogen-bond acceptors (Lipinski definition) is 6. The first-order valence-corrected chi connectivity index (χ1v) is 7.08. The third-order valence-electron chi connectivity index (χ3n) is 1.95. The van der Waals surface area contributed by atoms with Crippen LogP contribution in [0.1, 0.15) is 0 Å². The van der Waals surface area contributed by atoms with Crippen LogP contribution in [0, 0.1) is 0 Å². The Kier molecular flexibility index (Phi) is 3.11. The Hall–Kier alpha value is -1.12. The van der Waals surface area contributed by atoms with Crippen molar-refractivity contribution in [2.45, 2.75) is 5.56 Å². The summed E-state index contributed by atoms with van der Waals surface area (Å²) in [5, 5.41) is 0.548. The van der Waals surface area contributed by atoms with Gasteiger partial charge in [0.15, 0.2) is 0 Å². The predicted octanol–water partition coefficient (Wildman–Crippen LogP) is 0.370. The Bertz CT molecular complexity index is 559. The number of fused-ring (bicyclic) bond motifs is 1. The van der Waals surface area contributed by atoms with Gasteiger partial charge in [0, 0.05) is 0 Å². The first-order chi connectivity index (χ1) is 7.89. The van der Waals surface area contributed by atoms with E-state index < -0.39 is 23.9 Å². The van der Waals surface area contributed by atoms with Crippen molar-refractivity contribution in [2.75, 3.05) is 5.06 Å². The molecule has 17 heavy (non-hydrogen) atoms. The lowest BCUT2D eigenvalue weighted by Gasteiger charge is -2.19. The largest absolute Gasteiger partial charge is 0.450 e. The van der Waals surface area contributed by atoms with Crippen LogP contribution < -0.4 is 9.80 Å². The van der Waals surface area contributed by atoms with Gasteiger partial charge in [-0.1, -0.05) is 12.1 Å². The maximum absolute atomic E-state index is 11.0. The molecule has 2 N–H and O–H groups in total. The highest BCUT2D eigenvalue weighted by molar-refractivity contribution is 7.86. The number of hydrogen-bond donors (Lipinski definition) is 2. The normalized spacial score (nSPS) is 20.8. The van der Waals surface area contributed by atoms with E-state index in [9.17, 15) is 13.0 Å². The average Bonchev–Trinajstić information content (AvgIpc) is 2.56. The van der Waals surface area contributed by atoms with Crippen LogP contribution in [-0.4, -0.2) is 23.4 Å². The summed E-state index contributed by atoms with van der Waals surface area (Å²) < 4.78 is 51.0. The Morgan fingerprint density at radius 3 is 2.65 bits per heavy atom. The van der Waals surface area contributed by atoms with Crippen molar-refractivity contribution in [3.05, 3.63) is 24.3 Å². The minimum atomic E-state index is -4.62. The average molecular weight is 281 g/mol. The monoisotopic (exact) mass is 281 g/mol. The lowest BCUT2D eigenvalue weighted by molar-refractivity contribution is 0.167. The summed E-state index contributed by atoms with van der Waals surface area (Å²) in [7, 11) is -8.05. The Balaban J connectivity index is 2.44. The topological polar surface area (TPSA) is 113 Å². The lowest BCUT2D eigenvalue weighted by Crippen LogP contribution is -2.39. The summed E-state index contributed by atoms with van der Waals surface area (Å²) in [6.07, 6.45) is 0. The van der Waals surface area contributed by atoms with E-state index in [1.165, 1.54) is 12.1 Å². The molecular formula is C7H8NO7PS. The number of benzene rings is 1. The Labute approximate surface area is 97.0 Å². The van der Waals surface area contributed by atoms with Crippen molar-refractivity contribution in [3.8, 4) is 5.75 Å². The number of hydroxylamine groups is 1. The second-order valence-electron chi connectivity index (χ2n) is 3.09. The van der Waals surface area contributed by atoms with Gasteiger partial charge in [-0.3, -0.25) is 9.12 Å². The number of nitrogens with zero attached hydrogens (tertiary/aromatic N) is 1. The fraction of sp³-hybridized carbons (Fsp3) is 0.143. The molecule has 0 radical (unpaired) electrons. The first kappa shape index (κ1) is 12.3. The second kappa shape index (κ2) is 4.28. The van der Waals surface area contributed by atoms with Crippen LogP contribution in [0.2, 0.25) is 0 Å². The zero-order chi connectivity index (χ0) is 12.6. The zero-order valence-electron chi connectivity index (χ0n) is 8.18. The van der Waals surface area contributed by atoms with E-state index in [0.29, 0.717) is 5.06 Å². The van der Waals surface area contributed by atoms with Gasteiger partial charge < -0.3 is 9.63 Å². The van der Waals surface area contributed by atoms with Crippen molar-refractivity contribution in [1.29, 1.82) is 0 Å². The van der Waals surface area contributed by atoms with E-state index >= 15 is 0 Å². The van der Waals surface area contributed by atoms with E-state index in [1.807, 2.05) is 0 Å². The van der Waals surface area contributed by atoms with Crippen LogP contribution in [0.5, 0.6) is 5.75 Å². The van der Waals surface area contributed by atoms with Crippen molar-refractivity contribution in [2.24, 2.45) is 0 Å². The summed E-state index contributed by atoms with van der Waals surface area (Å²) in [6, 6.07) is 5.99. The molecule has 1 aliphatic heterocycles. The fourth-order valence-electron chi connectivity index (χ4n) is 1.37. The van der Waals surface area contributed by atoms with Crippen molar-refractivity contribution >= 4 is 24.1 Å². The fourth-order valence-corrected chi connectivity index (χ4v) is 2.43. The maximum atomic E-state index is 11.0. The molecule has 0 saturated carbocycles. The van der Waals surface area contributed by atoms with Crippen molar-refractivity contribution in [3.63, 3.8) is 0 Å². The molecule has 10 heteroatoms. The summed E-state index contributed by atoms with van der Waals surface area (Å²) in [5.74, 6) is 0.123.